The van der Waals surface area contributed by atoms with E-state index < -0.39 is 21.2 Å². The zero-order chi connectivity index (χ0) is 26.1. The summed E-state index contributed by atoms with van der Waals surface area (Å²) in [6.07, 6.45) is 3.44. The average Bonchev–Trinajstić information content (AvgIpc) is 3.50. The topological polar surface area (TPSA) is 130 Å². The van der Waals surface area contributed by atoms with Crippen LogP contribution in [-0.2, 0) is 27.7 Å². The molecule has 1 amide bonds. The number of carbonyl (C=O) groups is 1. The van der Waals surface area contributed by atoms with Gasteiger partial charge < -0.3 is 14.7 Å². The molecule has 5 aromatic rings. The van der Waals surface area contributed by atoms with Crippen molar-refractivity contribution >= 4 is 26.8 Å². The Morgan fingerprint density at radius 2 is 1.84 bits per heavy atom. The van der Waals surface area contributed by atoms with E-state index in [2.05, 4.69) is 24.9 Å². The van der Waals surface area contributed by atoms with Crippen molar-refractivity contribution in [1.29, 1.82) is 0 Å². The molecule has 0 aliphatic heterocycles. The number of hydrogen-bond acceptors (Lipinski definition) is 6. The monoisotopic (exact) mass is 527 g/mol. The summed E-state index contributed by atoms with van der Waals surface area (Å²) in [4.78, 5) is 19.1. The molecular formula is C28H25N5O4S. The van der Waals surface area contributed by atoms with E-state index in [1.807, 2.05) is 66.7 Å². The van der Waals surface area contributed by atoms with Gasteiger partial charge in [0.1, 0.15) is 17.3 Å². The molecule has 0 saturated heterocycles. The Kier molecular flexibility index (Phi) is 6.16. The second-order valence-electron chi connectivity index (χ2n) is 9.34. The molecule has 2 aromatic heterocycles. The van der Waals surface area contributed by atoms with Gasteiger partial charge in [-0.25, -0.2) is 8.42 Å². The summed E-state index contributed by atoms with van der Waals surface area (Å²) in [6.45, 7) is 0. The normalized spacial score (nSPS) is 13.5. The Hall–Kier alpha value is -4.44. The Morgan fingerprint density at radius 3 is 2.66 bits per heavy atom. The van der Waals surface area contributed by atoms with Gasteiger partial charge in [-0.15, -0.1) is 10.2 Å². The molecule has 9 nitrogen and oxygen atoms in total. The van der Waals surface area contributed by atoms with Crippen LogP contribution in [0.15, 0.2) is 79.0 Å². The van der Waals surface area contributed by atoms with E-state index in [4.69, 9.17) is 4.74 Å². The molecule has 1 aliphatic rings. The number of benzene rings is 3. The van der Waals surface area contributed by atoms with Gasteiger partial charge in [0.2, 0.25) is 15.9 Å². The number of H-pyrrole nitrogens is 2. The third-order valence-corrected chi connectivity index (χ3v) is 8.30. The fourth-order valence-corrected chi connectivity index (χ4v) is 5.71. The molecule has 38 heavy (non-hydrogen) atoms. The highest BCUT2D eigenvalue weighted by Gasteiger charge is 2.37. The second-order valence-corrected chi connectivity index (χ2v) is 11.3. The Morgan fingerprint density at radius 1 is 1.00 bits per heavy atom. The first-order chi connectivity index (χ1) is 18.4. The van der Waals surface area contributed by atoms with Gasteiger partial charge in [-0.2, -0.15) is 0 Å². The van der Waals surface area contributed by atoms with E-state index in [-0.39, 0.29) is 6.42 Å². The third-order valence-electron chi connectivity index (χ3n) is 6.44. The predicted molar refractivity (Wildman–Crippen MR) is 143 cm³/mol. The molecule has 0 radical (unpaired) electrons. The zero-order valence-electron chi connectivity index (χ0n) is 20.3. The lowest BCUT2D eigenvalue weighted by molar-refractivity contribution is -0.118. The minimum atomic E-state index is -3.64. The van der Waals surface area contributed by atoms with Crippen molar-refractivity contribution in [3.63, 3.8) is 0 Å². The standard InChI is InChI=1S/C28H25N5O4S/c34-27(33-38(35,36)21-9-10-21)17-23-22-13-14-29-24(22)11-12-25(23)37-20-8-4-7-19(16-20)28-30-26(31-32-28)15-18-5-2-1-3-6-18/h1-8,11-14,16,21,29H,9-10,15,17H2,(H,33,34)(H,30,31,32). The fraction of sp³-hybridized carbons (Fsp3) is 0.179. The van der Waals surface area contributed by atoms with Crippen molar-refractivity contribution in [3.8, 4) is 22.9 Å². The quantitative estimate of drug-likeness (QED) is 0.259. The number of amides is 1. The summed E-state index contributed by atoms with van der Waals surface area (Å²) in [6, 6.07) is 22.9. The lowest BCUT2D eigenvalue weighted by Crippen LogP contribution is -2.34. The minimum Gasteiger partial charge on any atom is -0.457 e. The van der Waals surface area contributed by atoms with Gasteiger partial charge in [0.25, 0.3) is 0 Å². The number of nitrogens with zero attached hydrogens (tertiary/aromatic N) is 2. The van der Waals surface area contributed by atoms with E-state index in [1.165, 1.54) is 0 Å². The van der Waals surface area contributed by atoms with Crippen molar-refractivity contribution in [2.24, 2.45) is 0 Å². The van der Waals surface area contributed by atoms with Crippen LogP contribution in [0, 0.1) is 0 Å². The molecule has 10 heteroatoms. The van der Waals surface area contributed by atoms with Crippen LogP contribution in [0.2, 0.25) is 0 Å². The molecule has 3 N–H and O–H groups in total. The molecule has 0 bridgehead atoms. The predicted octanol–water partition coefficient (Wildman–Crippen LogP) is 4.49. The number of aromatic amines is 2. The van der Waals surface area contributed by atoms with E-state index >= 15 is 0 Å². The van der Waals surface area contributed by atoms with Crippen LogP contribution in [0.5, 0.6) is 11.5 Å². The Labute approximate surface area is 219 Å². The van der Waals surface area contributed by atoms with Gasteiger partial charge in [0, 0.05) is 34.6 Å². The number of ether oxygens (including phenoxy) is 1. The molecular weight excluding hydrogens is 502 g/mol. The number of aromatic nitrogens is 4. The summed E-state index contributed by atoms with van der Waals surface area (Å²) in [5.41, 5.74) is 3.36. The van der Waals surface area contributed by atoms with Crippen LogP contribution in [0.1, 0.15) is 29.8 Å². The number of carbonyl (C=O) groups excluding carboxylic acids is 1. The largest absolute Gasteiger partial charge is 0.457 e. The van der Waals surface area contributed by atoms with Gasteiger partial charge in [-0.05, 0) is 48.7 Å². The van der Waals surface area contributed by atoms with E-state index in [0.717, 1.165) is 27.9 Å². The summed E-state index contributed by atoms with van der Waals surface area (Å²) < 4.78 is 33.0. The molecule has 1 aliphatic carbocycles. The molecule has 192 valence electrons. The van der Waals surface area contributed by atoms with Gasteiger partial charge in [0.15, 0.2) is 5.82 Å². The van der Waals surface area contributed by atoms with Crippen LogP contribution >= 0.6 is 0 Å². The van der Waals surface area contributed by atoms with Crippen LogP contribution in [0.25, 0.3) is 22.3 Å². The maximum absolute atomic E-state index is 12.7. The highest BCUT2D eigenvalue weighted by atomic mass is 32.2. The summed E-state index contributed by atoms with van der Waals surface area (Å²) in [5.74, 6) is 1.80. The minimum absolute atomic E-state index is 0.138. The van der Waals surface area contributed by atoms with Gasteiger partial charge in [-0.1, -0.05) is 42.5 Å². The molecule has 2 heterocycles. The SMILES string of the molecule is O=C(Cc1c(Oc2cccc(-c3nnc(Cc4ccccc4)[nH]3)c2)ccc2[nH]ccc12)NS(=O)(=O)C1CC1. The Balaban J connectivity index is 1.24. The first-order valence-electron chi connectivity index (χ1n) is 12.3. The van der Waals surface area contributed by atoms with Gasteiger partial charge in [-0.3, -0.25) is 9.52 Å². The summed E-state index contributed by atoms with van der Waals surface area (Å²) >= 11 is 0. The number of fused-ring (bicyclic) bond motifs is 1. The Bertz CT molecular complexity index is 1720. The third kappa shape index (κ3) is 5.16. The lowest BCUT2D eigenvalue weighted by atomic mass is 10.1. The molecule has 1 saturated carbocycles. The summed E-state index contributed by atoms with van der Waals surface area (Å²) in [5, 5.41) is 8.89. The van der Waals surface area contributed by atoms with Crippen molar-refractivity contribution in [1.82, 2.24) is 24.9 Å². The highest BCUT2D eigenvalue weighted by Crippen LogP contribution is 2.33. The van der Waals surface area contributed by atoms with Crippen LogP contribution in [0.3, 0.4) is 0 Å². The first-order valence-corrected chi connectivity index (χ1v) is 13.9. The van der Waals surface area contributed by atoms with Crippen LogP contribution < -0.4 is 9.46 Å². The molecule has 0 unspecified atom stereocenters. The smallest absolute Gasteiger partial charge is 0.238 e. The molecule has 6 rings (SSSR count). The highest BCUT2D eigenvalue weighted by molar-refractivity contribution is 7.90. The average molecular weight is 528 g/mol. The lowest BCUT2D eigenvalue weighted by Gasteiger charge is -2.13. The zero-order valence-corrected chi connectivity index (χ0v) is 21.2. The first kappa shape index (κ1) is 23.9. The molecule has 3 aromatic carbocycles. The maximum atomic E-state index is 12.7. The fourth-order valence-electron chi connectivity index (χ4n) is 4.40. The van der Waals surface area contributed by atoms with E-state index in [1.54, 1.807) is 12.3 Å². The molecule has 0 spiro atoms. The van der Waals surface area contributed by atoms with Crippen molar-refractivity contribution in [2.45, 2.75) is 30.9 Å². The van der Waals surface area contributed by atoms with E-state index in [0.29, 0.717) is 42.1 Å². The number of hydrogen-bond donors (Lipinski definition) is 3. The van der Waals surface area contributed by atoms with Crippen molar-refractivity contribution < 1.29 is 17.9 Å². The van der Waals surface area contributed by atoms with Gasteiger partial charge >= 0.3 is 0 Å². The number of sulfonamides is 1. The molecule has 1 fully saturated rings. The second kappa shape index (κ2) is 9.79. The molecule has 0 atom stereocenters. The maximum Gasteiger partial charge on any atom is 0.238 e. The number of nitrogens with one attached hydrogen (secondary N) is 3. The summed E-state index contributed by atoms with van der Waals surface area (Å²) in [7, 11) is -3.64. The number of rotatable bonds is 9. The van der Waals surface area contributed by atoms with Gasteiger partial charge in [0.05, 0.1) is 11.7 Å². The van der Waals surface area contributed by atoms with Crippen LogP contribution in [-0.4, -0.2) is 39.7 Å². The van der Waals surface area contributed by atoms with Crippen molar-refractivity contribution in [3.05, 3.63) is 95.9 Å². The van der Waals surface area contributed by atoms with Crippen LogP contribution in [0.4, 0.5) is 0 Å². The van der Waals surface area contributed by atoms with Crippen molar-refractivity contribution in [2.75, 3.05) is 0 Å². The van der Waals surface area contributed by atoms with E-state index in [9.17, 15) is 13.2 Å².